The lowest BCUT2D eigenvalue weighted by molar-refractivity contribution is 0.359. The van der Waals surface area contributed by atoms with Crippen LogP contribution in [0.15, 0.2) is 4.52 Å². The van der Waals surface area contributed by atoms with Gasteiger partial charge in [0.1, 0.15) is 0 Å². The zero-order valence-electron chi connectivity index (χ0n) is 9.40. The number of hydrogen-bond acceptors (Lipinski definition) is 5. The molecular formula is C10H19N3OS. The molecule has 86 valence electrons. The van der Waals surface area contributed by atoms with Gasteiger partial charge in [0.25, 0.3) is 0 Å². The van der Waals surface area contributed by atoms with Crippen molar-refractivity contribution >= 4 is 11.8 Å². The molecule has 1 aromatic heterocycles. The van der Waals surface area contributed by atoms with Gasteiger partial charge in [0.05, 0.1) is 5.75 Å². The van der Waals surface area contributed by atoms with Crippen molar-refractivity contribution in [3.63, 3.8) is 0 Å². The number of thioether (sulfide) groups is 1. The Hall–Kier alpha value is -0.550. The predicted molar refractivity (Wildman–Crippen MR) is 62.7 cm³/mol. The summed E-state index contributed by atoms with van der Waals surface area (Å²) < 4.78 is 5.14. The van der Waals surface area contributed by atoms with Crippen molar-refractivity contribution in [1.29, 1.82) is 0 Å². The highest BCUT2D eigenvalue weighted by Crippen LogP contribution is 2.12. The molecule has 0 fully saturated rings. The Balaban J connectivity index is 2.30. The lowest BCUT2D eigenvalue weighted by Gasteiger charge is -2.06. The maximum absolute atomic E-state index is 5.49. The molecule has 0 saturated carbocycles. The molecule has 0 aliphatic heterocycles. The summed E-state index contributed by atoms with van der Waals surface area (Å²) in [4.78, 5) is 4.30. The van der Waals surface area contributed by atoms with Gasteiger partial charge in [0, 0.05) is 6.42 Å². The van der Waals surface area contributed by atoms with Gasteiger partial charge >= 0.3 is 0 Å². The van der Waals surface area contributed by atoms with Crippen LogP contribution < -0.4 is 5.73 Å². The van der Waals surface area contributed by atoms with E-state index in [1.165, 1.54) is 0 Å². The van der Waals surface area contributed by atoms with Gasteiger partial charge in [-0.1, -0.05) is 12.1 Å². The van der Waals surface area contributed by atoms with E-state index in [9.17, 15) is 0 Å². The summed E-state index contributed by atoms with van der Waals surface area (Å²) in [6.45, 7) is 2.95. The minimum absolute atomic E-state index is 0.630. The zero-order valence-corrected chi connectivity index (χ0v) is 10.2. The molecule has 0 saturated heterocycles. The monoisotopic (exact) mass is 229 g/mol. The first kappa shape index (κ1) is 12.5. The van der Waals surface area contributed by atoms with E-state index in [0.29, 0.717) is 5.92 Å². The van der Waals surface area contributed by atoms with Crippen LogP contribution in [0.2, 0.25) is 0 Å². The highest BCUT2D eigenvalue weighted by Gasteiger charge is 2.08. The first-order chi connectivity index (χ1) is 7.26. The summed E-state index contributed by atoms with van der Waals surface area (Å²) in [7, 11) is 0. The van der Waals surface area contributed by atoms with Crippen LogP contribution >= 0.6 is 11.8 Å². The summed E-state index contributed by atoms with van der Waals surface area (Å²) in [6, 6.07) is 0. The van der Waals surface area contributed by atoms with Crippen LogP contribution in [0.5, 0.6) is 0 Å². The molecule has 15 heavy (non-hydrogen) atoms. The third-order valence-corrected chi connectivity index (χ3v) is 2.84. The van der Waals surface area contributed by atoms with E-state index in [1.807, 2.05) is 6.26 Å². The van der Waals surface area contributed by atoms with E-state index < -0.39 is 0 Å². The standard InChI is InChI=1S/C10H19N3OS/c1-8(5-6-11)3-4-10-12-9(7-15-2)13-14-10/h8H,3-7,11H2,1-2H3. The van der Waals surface area contributed by atoms with E-state index in [2.05, 4.69) is 17.1 Å². The second kappa shape index (κ2) is 6.85. The van der Waals surface area contributed by atoms with Crippen molar-refractivity contribution in [3.05, 3.63) is 11.7 Å². The van der Waals surface area contributed by atoms with Gasteiger partial charge in [-0.3, -0.25) is 0 Å². The fourth-order valence-corrected chi connectivity index (χ4v) is 1.75. The van der Waals surface area contributed by atoms with Gasteiger partial charge in [-0.15, -0.1) is 0 Å². The van der Waals surface area contributed by atoms with Crippen LogP contribution in [0.1, 0.15) is 31.5 Å². The van der Waals surface area contributed by atoms with E-state index in [-0.39, 0.29) is 0 Å². The molecule has 4 nitrogen and oxygen atoms in total. The number of aromatic nitrogens is 2. The van der Waals surface area contributed by atoms with Crippen molar-refractivity contribution in [2.24, 2.45) is 11.7 Å². The Morgan fingerprint density at radius 1 is 1.47 bits per heavy atom. The number of aryl methyl sites for hydroxylation is 1. The molecule has 1 heterocycles. The molecule has 0 amide bonds. The molecule has 0 spiro atoms. The van der Waals surface area contributed by atoms with Crippen molar-refractivity contribution < 1.29 is 4.52 Å². The summed E-state index contributed by atoms with van der Waals surface area (Å²) in [5, 5.41) is 3.90. The Kier molecular flexibility index (Phi) is 5.71. The Morgan fingerprint density at radius 2 is 2.27 bits per heavy atom. The first-order valence-electron chi connectivity index (χ1n) is 5.26. The van der Waals surface area contributed by atoms with Crippen molar-refractivity contribution in [2.75, 3.05) is 12.8 Å². The summed E-state index contributed by atoms with van der Waals surface area (Å²) in [6.07, 6.45) is 5.02. The second-order valence-electron chi connectivity index (χ2n) is 3.76. The van der Waals surface area contributed by atoms with Crippen molar-refractivity contribution in [3.8, 4) is 0 Å². The van der Waals surface area contributed by atoms with Crippen LogP contribution in [-0.2, 0) is 12.2 Å². The molecule has 0 aliphatic rings. The lowest BCUT2D eigenvalue weighted by Crippen LogP contribution is -2.06. The fourth-order valence-electron chi connectivity index (χ4n) is 1.38. The van der Waals surface area contributed by atoms with Crippen LogP contribution in [0.25, 0.3) is 0 Å². The quantitative estimate of drug-likeness (QED) is 0.773. The van der Waals surface area contributed by atoms with Crippen LogP contribution in [0.3, 0.4) is 0 Å². The van der Waals surface area contributed by atoms with Crippen molar-refractivity contribution in [1.82, 2.24) is 10.1 Å². The fraction of sp³-hybridized carbons (Fsp3) is 0.800. The van der Waals surface area contributed by atoms with Crippen LogP contribution in [0, 0.1) is 5.92 Å². The summed E-state index contributed by atoms with van der Waals surface area (Å²) in [5.74, 6) is 3.00. The maximum Gasteiger partial charge on any atom is 0.226 e. The Morgan fingerprint density at radius 3 is 2.93 bits per heavy atom. The molecule has 1 rings (SSSR count). The number of rotatable bonds is 7. The first-order valence-corrected chi connectivity index (χ1v) is 6.66. The van der Waals surface area contributed by atoms with Gasteiger partial charge in [-0.05, 0) is 31.6 Å². The molecule has 5 heteroatoms. The minimum Gasteiger partial charge on any atom is -0.339 e. The van der Waals surface area contributed by atoms with E-state index in [1.54, 1.807) is 11.8 Å². The van der Waals surface area contributed by atoms with E-state index >= 15 is 0 Å². The molecule has 1 aromatic rings. The van der Waals surface area contributed by atoms with Gasteiger partial charge < -0.3 is 10.3 Å². The molecular weight excluding hydrogens is 210 g/mol. The average molecular weight is 229 g/mol. The van der Waals surface area contributed by atoms with Crippen LogP contribution in [-0.4, -0.2) is 22.9 Å². The molecule has 2 N–H and O–H groups in total. The largest absolute Gasteiger partial charge is 0.339 e. The molecule has 1 atom stereocenters. The second-order valence-corrected chi connectivity index (χ2v) is 4.62. The highest BCUT2D eigenvalue weighted by atomic mass is 32.2. The minimum atomic E-state index is 0.630. The zero-order chi connectivity index (χ0) is 11.1. The summed E-state index contributed by atoms with van der Waals surface area (Å²) >= 11 is 1.70. The molecule has 1 unspecified atom stereocenters. The number of hydrogen-bond donors (Lipinski definition) is 1. The van der Waals surface area contributed by atoms with Crippen LogP contribution in [0.4, 0.5) is 0 Å². The summed E-state index contributed by atoms with van der Waals surface area (Å²) in [5.41, 5.74) is 5.49. The Bertz CT molecular complexity index is 277. The van der Waals surface area contributed by atoms with E-state index in [4.69, 9.17) is 10.3 Å². The normalized spacial score (nSPS) is 13.0. The van der Waals surface area contributed by atoms with Crippen molar-refractivity contribution in [2.45, 2.75) is 31.9 Å². The van der Waals surface area contributed by atoms with Gasteiger partial charge in [0.2, 0.25) is 5.89 Å². The average Bonchev–Trinajstić information content (AvgIpc) is 2.64. The van der Waals surface area contributed by atoms with Gasteiger partial charge in [-0.25, -0.2) is 0 Å². The molecule has 0 aliphatic carbocycles. The maximum atomic E-state index is 5.49. The molecule has 0 radical (unpaired) electrons. The smallest absolute Gasteiger partial charge is 0.226 e. The Labute approximate surface area is 95.0 Å². The lowest BCUT2D eigenvalue weighted by atomic mass is 10.0. The number of nitrogens with zero attached hydrogens (tertiary/aromatic N) is 2. The van der Waals surface area contributed by atoms with Gasteiger partial charge in [0.15, 0.2) is 5.82 Å². The third kappa shape index (κ3) is 4.66. The predicted octanol–water partition coefficient (Wildman–Crippen LogP) is 1.85. The molecule has 0 bridgehead atoms. The third-order valence-electron chi connectivity index (χ3n) is 2.29. The topological polar surface area (TPSA) is 64.9 Å². The SMILES string of the molecule is CSCc1noc(CCC(C)CCN)n1. The molecule has 0 aromatic carbocycles. The van der Waals surface area contributed by atoms with E-state index in [0.717, 1.165) is 43.3 Å². The number of nitrogens with two attached hydrogens (primary N) is 1. The highest BCUT2D eigenvalue weighted by molar-refractivity contribution is 7.97. The van der Waals surface area contributed by atoms with Gasteiger partial charge in [-0.2, -0.15) is 16.7 Å².